The minimum absolute atomic E-state index is 0. The van der Waals surface area contributed by atoms with Crippen molar-refractivity contribution in [2.24, 2.45) is 0 Å². The fourth-order valence-electron chi connectivity index (χ4n) is 2.29. The molecule has 1 aromatic carbocycles. The molecule has 0 unspecified atom stereocenters. The van der Waals surface area contributed by atoms with Gasteiger partial charge < -0.3 is 10.4 Å². The maximum absolute atomic E-state index is 12.8. The van der Waals surface area contributed by atoms with Gasteiger partial charge in [-0.05, 0) is 31.2 Å². The van der Waals surface area contributed by atoms with Crippen LogP contribution >= 0.6 is 24.8 Å². The number of β-amino-alcohol motifs (C(OH)–C–C–N with tert-alkyl or cyclic N) is 1. The molecule has 1 heterocycles. The molecule has 0 saturated carbocycles. The monoisotopic (exact) mass is 310 g/mol. The van der Waals surface area contributed by atoms with E-state index in [2.05, 4.69) is 10.2 Å². The second kappa shape index (κ2) is 8.72. The minimum atomic E-state index is -0.208. The van der Waals surface area contributed by atoms with E-state index in [1.807, 2.05) is 19.2 Å². The molecule has 2 rings (SSSR count). The van der Waals surface area contributed by atoms with Crippen LogP contribution in [0.3, 0.4) is 0 Å². The van der Waals surface area contributed by atoms with Gasteiger partial charge in [-0.25, -0.2) is 4.39 Å². The van der Waals surface area contributed by atoms with Crippen LogP contribution in [0.25, 0.3) is 0 Å². The van der Waals surface area contributed by atoms with Gasteiger partial charge in [-0.3, -0.25) is 4.90 Å². The highest BCUT2D eigenvalue weighted by Gasteiger charge is 2.22. The van der Waals surface area contributed by atoms with Crippen molar-refractivity contribution in [3.8, 4) is 0 Å². The average Bonchev–Trinajstić information content (AvgIpc) is 2.73. The lowest BCUT2D eigenvalue weighted by Crippen LogP contribution is -2.33. The summed E-state index contributed by atoms with van der Waals surface area (Å²) in [7, 11) is 1.90. The fraction of sp³-hybridized carbons (Fsp3) is 0.538. The van der Waals surface area contributed by atoms with Crippen molar-refractivity contribution in [1.82, 2.24) is 10.2 Å². The lowest BCUT2D eigenvalue weighted by atomic mass is 10.1. The molecular formula is C13H21Cl2FN2O. The number of benzene rings is 1. The molecule has 3 nitrogen and oxygen atoms in total. The Morgan fingerprint density at radius 2 is 2.00 bits per heavy atom. The number of likely N-dealkylation sites (N-methyl/N-ethyl adjacent to an activating group) is 1. The summed E-state index contributed by atoms with van der Waals surface area (Å²) < 4.78 is 12.8. The predicted octanol–water partition coefficient (Wildman–Crippen LogP) is 2.00. The van der Waals surface area contributed by atoms with Gasteiger partial charge in [0.15, 0.2) is 0 Å². The van der Waals surface area contributed by atoms with E-state index in [1.54, 1.807) is 0 Å². The molecule has 1 aromatic rings. The van der Waals surface area contributed by atoms with Crippen LogP contribution in [-0.4, -0.2) is 42.8 Å². The third-order valence-electron chi connectivity index (χ3n) is 3.31. The number of likely N-dealkylation sites (tertiary alicyclic amines) is 1. The molecule has 0 spiro atoms. The summed E-state index contributed by atoms with van der Waals surface area (Å²) in [4.78, 5) is 2.23. The number of aliphatic hydroxyl groups is 1. The van der Waals surface area contributed by atoms with E-state index in [1.165, 1.54) is 12.1 Å². The summed E-state index contributed by atoms with van der Waals surface area (Å²) in [5.41, 5.74) is 1.08. The third kappa shape index (κ3) is 5.24. The second-order valence-electron chi connectivity index (χ2n) is 4.59. The van der Waals surface area contributed by atoms with E-state index in [9.17, 15) is 9.50 Å². The van der Waals surface area contributed by atoms with Gasteiger partial charge >= 0.3 is 0 Å². The first kappa shape index (κ1) is 18.6. The normalized spacial score (nSPS) is 20.5. The van der Waals surface area contributed by atoms with E-state index < -0.39 is 0 Å². The highest BCUT2D eigenvalue weighted by molar-refractivity contribution is 5.85. The first-order chi connectivity index (χ1) is 8.19. The number of halogens is 3. The Kier molecular flexibility index (Phi) is 8.54. The van der Waals surface area contributed by atoms with Gasteiger partial charge in [-0.15, -0.1) is 24.8 Å². The van der Waals surface area contributed by atoms with Crippen molar-refractivity contribution >= 4 is 24.8 Å². The van der Waals surface area contributed by atoms with Crippen LogP contribution < -0.4 is 5.32 Å². The minimum Gasteiger partial charge on any atom is -0.392 e. The number of rotatable bonds is 4. The summed E-state index contributed by atoms with van der Waals surface area (Å²) >= 11 is 0. The average molecular weight is 311 g/mol. The smallest absolute Gasteiger partial charge is 0.123 e. The van der Waals surface area contributed by atoms with Crippen molar-refractivity contribution in [1.29, 1.82) is 0 Å². The van der Waals surface area contributed by atoms with E-state index in [0.717, 1.165) is 31.6 Å². The Morgan fingerprint density at radius 1 is 1.37 bits per heavy atom. The first-order valence-corrected chi connectivity index (χ1v) is 6.02. The largest absolute Gasteiger partial charge is 0.392 e. The van der Waals surface area contributed by atoms with E-state index in [4.69, 9.17) is 0 Å². The zero-order valence-corrected chi connectivity index (χ0v) is 12.5. The van der Waals surface area contributed by atoms with Gasteiger partial charge in [0.2, 0.25) is 0 Å². The Hall–Kier alpha value is -0.390. The van der Waals surface area contributed by atoms with Crippen molar-refractivity contribution in [2.75, 3.05) is 26.7 Å². The number of hydrogen-bond donors (Lipinski definition) is 2. The maximum atomic E-state index is 12.8. The van der Waals surface area contributed by atoms with E-state index >= 15 is 0 Å². The molecular weight excluding hydrogens is 290 g/mol. The molecule has 0 aromatic heterocycles. The summed E-state index contributed by atoms with van der Waals surface area (Å²) in [6.45, 7) is 2.51. The molecule has 2 N–H and O–H groups in total. The maximum Gasteiger partial charge on any atom is 0.123 e. The van der Waals surface area contributed by atoms with E-state index in [0.29, 0.717) is 0 Å². The molecule has 1 fully saturated rings. The van der Waals surface area contributed by atoms with Gasteiger partial charge in [-0.1, -0.05) is 12.1 Å². The van der Waals surface area contributed by atoms with Crippen molar-refractivity contribution in [3.63, 3.8) is 0 Å². The van der Waals surface area contributed by atoms with Gasteiger partial charge in [0.1, 0.15) is 5.82 Å². The van der Waals surface area contributed by atoms with Crippen LogP contribution in [0, 0.1) is 5.82 Å². The Bertz CT molecular complexity index is 364. The van der Waals surface area contributed by atoms with Crippen LogP contribution in [0.15, 0.2) is 24.3 Å². The van der Waals surface area contributed by atoms with Crippen LogP contribution in [0.1, 0.15) is 18.0 Å². The van der Waals surface area contributed by atoms with Crippen molar-refractivity contribution < 1.29 is 9.50 Å². The highest BCUT2D eigenvalue weighted by atomic mass is 35.5. The van der Waals surface area contributed by atoms with Crippen LogP contribution in [0.2, 0.25) is 0 Å². The lowest BCUT2D eigenvalue weighted by Gasteiger charge is -2.23. The number of aliphatic hydroxyl groups excluding tert-OH is 1. The lowest BCUT2D eigenvalue weighted by molar-refractivity contribution is 0.173. The molecule has 6 heteroatoms. The van der Waals surface area contributed by atoms with Crippen LogP contribution in [0.5, 0.6) is 0 Å². The van der Waals surface area contributed by atoms with Gasteiger partial charge in [0.05, 0.1) is 6.10 Å². The zero-order chi connectivity index (χ0) is 12.3. The summed E-state index contributed by atoms with van der Waals surface area (Å²) in [6.07, 6.45) is 0.653. The molecule has 110 valence electrons. The summed E-state index contributed by atoms with van der Waals surface area (Å²) in [6, 6.07) is 6.77. The predicted molar refractivity (Wildman–Crippen MR) is 79.8 cm³/mol. The Balaban J connectivity index is 0.00000162. The molecule has 0 bridgehead atoms. The van der Waals surface area contributed by atoms with Crippen LogP contribution in [-0.2, 0) is 0 Å². The molecule has 1 aliphatic rings. The summed E-state index contributed by atoms with van der Waals surface area (Å²) in [5.74, 6) is -0.208. The van der Waals surface area contributed by atoms with Gasteiger partial charge in [-0.2, -0.15) is 0 Å². The standard InChI is InChI=1S/C13H19FN2O.2ClH/c1-15-13(9-16-7-6-12(17)8-16)10-2-4-11(14)5-3-10;;/h2-5,12-13,15,17H,6-9H2,1H3;2*1H/t12-,13+;;/m1../s1. The Labute approximate surface area is 126 Å². The first-order valence-electron chi connectivity index (χ1n) is 6.02. The highest BCUT2D eigenvalue weighted by Crippen LogP contribution is 2.17. The molecule has 1 saturated heterocycles. The van der Waals surface area contributed by atoms with Crippen molar-refractivity contribution in [2.45, 2.75) is 18.6 Å². The molecule has 0 radical (unpaired) electrons. The zero-order valence-electron chi connectivity index (χ0n) is 10.9. The summed E-state index contributed by atoms with van der Waals surface area (Å²) in [5, 5.41) is 12.7. The van der Waals surface area contributed by atoms with Crippen molar-refractivity contribution in [3.05, 3.63) is 35.6 Å². The van der Waals surface area contributed by atoms with E-state index in [-0.39, 0.29) is 42.8 Å². The second-order valence-corrected chi connectivity index (χ2v) is 4.59. The molecule has 2 atom stereocenters. The van der Waals surface area contributed by atoms with Gasteiger partial charge in [0.25, 0.3) is 0 Å². The molecule has 19 heavy (non-hydrogen) atoms. The number of nitrogens with zero attached hydrogens (tertiary/aromatic N) is 1. The topological polar surface area (TPSA) is 35.5 Å². The third-order valence-corrected chi connectivity index (χ3v) is 3.31. The molecule has 0 aliphatic carbocycles. The Morgan fingerprint density at radius 3 is 2.47 bits per heavy atom. The SMILES string of the molecule is CN[C@@H](CN1CC[C@@H](O)C1)c1ccc(F)cc1.Cl.Cl. The fourth-order valence-corrected chi connectivity index (χ4v) is 2.29. The van der Waals surface area contributed by atoms with Crippen LogP contribution in [0.4, 0.5) is 4.39 Å². The molecule has 0 amide bonds. The number of nitrogens with one attached hydrogen (secondary N) is 1. The van der Waals surface area contributed by atoms with Gasteiger partial charge in [0, 0.05) is 25.7 Å². The quantitative estimate of drug-likeness (QED) is 0.893. The molecule has 1 aliphatic heterocycles. The number of hydrogen-bond acceptors (Lipinski definition) is 3.